The highest BCUT2D eigenvalue weighted by atomic mass is 15.2. The first-order chi connectivity index (χ1) is 7.17. The van der Waals surface area contributed by atoms with Crippen molar-refractivity contribution < 1.29 is 0 Å². The smallest absolute Gasteiger partial charge is 0.130 e. The van der Waals surface area contributed by atoms with Crippen LogP contribution in [0.5, 0.6) is 0 Å². The van der Waals surface area contributed by atoms with Gasteiger partial charge in [0.05, 0.1) is 0 Å². The second kappa shape index (κ2) is 5.59. The molecule has 0 aromatic carbocycles. The summed E-state index contributed by atoms with van der Waals surface area (Å²) in [6.07, 6.45) is 0. The summed E-state index contributed by atoms with van der Waals surface area (Å²) < 4.78 is 0. The van der Waals surface area contributed by atoms with Crippen LogP contribution in [0.25, 0.3) is 0 Å². The molecule has 15 heavy (non-hydrogen) atoms. The van der Waals surface area contributed by atoms with Crippen LogP contribution in [0.3, 0.4) is 0 Å². The summed E-state index contributed by atoms with van der Waals surface area (Å²) in [7, 11) is 1.89. The Labute approximate surface area is 92.5 Å². The van der Waals surface area contributed by atoms with E-state index in [-0.39, 0.29) is 0 Å². The van der Waals surface area contributed by atoms with Crippen molar-refractivity contribution in [1.82, 2.24) is 4.98 Å². The SMILES string of the molecule is CCN(CC(C)C)c1cccc(NC)n1. The van der Waals surface area contributed by atoms with Crippen LogP contribution < -0.4 is 10.2 Å². The lowest BCUT2D eigenvalue weighted by Gasteiger charge is -2.24. The van der Waals surface area contributed by atoms with Gasteiger partial charge in [0.1, 0.15) is 11.6 Å². The summed E-state index contributed by atoms with van der Waals surface area (Å²) in [6, 6.07) is 6.08. The van der Waals surface area contributed by atoms with Crippen LogP contribution in [-0.4, -0.2) is 25.1 Å². The lowest BCUT2D eigenvalue weighted by molar-refractivity contribution is 0.614. The molecule has 3 nitrogen and oxygen atoms in total. The van der Waals surface area contributed by atoms with E-state index < -0.39 is 0 Å². The quantitative estimate of drug-likeness (QED) is 0.804. The monoisotopic (exact) mass is 207 g/mol. The normalized spacial score (nSPS) is 10.5. The van der Waals surface area contributed by atoms with Crippen molar-refractivity contribution in [3.63, 3.8) is 0 Å². The summed E-state index contributed by atoms with van der Waals surface area (Å²) in [6.45, 7) is 8.67. The molecule has 0 atom stereocenters. The van der Waals surface area contributed by atoms with Crippen molar-refractivity contribution >= 4 is 11.6 Å². The molecule has 3 heteroatoms. The number of nitrogens with one attached hydrogen (secondary N) is 1. The Hall–Kier alpha value is -1.25. The van der Waals surface area contributed by atoms with Crippen molar-refractivity contribution in [1.29, 1.82) is 0 Å². The summed E-state index contributed by atoms with van der Waals surface area (Å²) >= 11 is 0. The molecule has 1 aromatic heterocycles. The molecule has 0 fully saturated rings. The molecule has 1 heterocycles. The van der Waals surface area contributed by atoms with E-state index >= 15 is 0 Å². The molecule has 0 amide bonds. The number of nitrogens with zero attached hydrogens (tertiary/aromatic N) is 2. The van der Waals surface area contributed by atoms with E-state index in [1.54, 1.807) is 0 Å². The number of hydrogen-bond acceptors (Lipinski definition) is 3. The third-order valence-corrected chi connectivity index (χ3v) is 2.28. The van der Waals surface area contributed by atoms with Crippen LogP contribution in [0.15, 0.2) is 18.2 Å². The Morgan fingerprint density at radius 2 is 2.13 bits per heavy atom. The fourth-order valence-electron chi connectivity index (χ4n) is 1.56. The molecule has 84 valence electrons. The van der Waals surface area contributed by atoms with E-state index in [2.05, 4.69) is 42.0 Å². The minimum atomic E-state index is 0.657. The van der Waals surface area contributed by atoms with Gasteiger partial charge in [-0.3, -0.25) is 0 Å². The van der Waals surface area contributed by atoms with Gasteiger partial charge in [0.25, 0.3) is 0 Å². The van der Waals surface area contributed by atoms with Crippen molar-refractivity contribution in [3.05, 3.63) is 18.2 Å². The van der Waals surface area contributed by atoms with Crippen LogP contribution in [0, 0.1) is 5.92 Å². The van der Waals surface area contributed by atoms with Gasteiger partial charge in [-0.05, 0) is 25.0 Å². The number of aromatic nitrogens is 1. The molecule has 0 radical (unpaired) electrons. The average Bonchev–Trinajstić information content (AvgIpc) is 2.25. The van der Waals surface area contributed by atoms with E-state index in [1.807, 2.05) is 19.2 Å². The number of pyridine rings is 1. The van der Waals surface area contributed by atoms with Crippen LogP contribution >= 0.6 is 0 Å². The molecule has 0 unspecified atom stereocenters. The summed E-state index contributed by atoms with van der Waals surface area (Å²) in [4.78, 5) is 6.83. The highest BCUT2D eigenvalue weighted by Crippen LogP contribution is 2.15. The summed E-state index contributed by atoms with van der Waals surface area (Å²) in [5, 5.41) is 3.06. The minimum Gasteiger partial charge on any atom is -0.373 e. The molecule has 0 spiro atoms. The number of anilines is 2. The van der Waals surface area contributed by atoms with Crippen LogP contribution in [0.2, 0.25) is 0 Å². The standard InChI is InChI=1S/C12H21N3/c1-5-15(9-10(2)3)12-8-6-7-11(13-4)14-12/h6-8,10H,5,9H2,1-4H3,(H,13,14). The van der Waals surface area contributed by atoms with Gasteiger partial charge in [0.2, 0.25) is 0 Å². The molecule has 1 N–H and O–H groups in total. The summed E-state index contributed by atoms with van der Waals surface area (Å²) in [5.41, 5.74) is 0. The van der Waals surface area contributed by atoms with Crippen molar-refractivity contribution in [2.24, 2.45) is 5.92 Å². The fraction of sp³-hybridized carbons (Fsp3) is 0.583. The van der Waals surface area contributed by atoms with Gasteiger partial charge in [0.15, 0.2) is 0 Å². The Morgan fingerprint density at radius 3 is 2.67 bits per heavy atom. The molecule has 0 saturated carbocycles. The van der Waals surface area contributed by atoms with E-state index in [0.29, 0.717) is 5.92 Å². The van der Waals surface area contributed by atoms with Crippen LogP contribution in [0.1, 0.15) is 20.8 Å². The largest absolute Gasteiger partial charge is 0.373 e. The Morgan fingerprint density at radius 1 is 1.40 bits per heavy atom. The van der Waals surface area contributed by atoms with Crippen molar-refractivity contribution in [3.8, 4) is 0 Å². The average molecular weight is 207 g/mol. The highest BCUT2D eigenvalue weighted by molar-refractivity contribution is 5.46. The van der Waals surface area contributed by atoms with Gasteiger partial charge in [0, 0.05) is 20.1 Å². The predicted octanol–water partition coefficient (Wildman–Crippen LogP) is 2.61. The number of hydrogen-bond donors (Lipinski definition) is 1. The molecule has 0 bridgehead atoms. The molecule has 1 aromatic rings. The third-order valence-electron chi connectivity index (χ3n) is 2.28. The lowest BCUT2D eigenvalue weighted by atomic mass is 10.2. The first kappa shape index (κ1) is 11.8. The second-order valence-electron chi connectivity index (χ2n) is 4.06. The number of rotatable bonds is 5. The molecular formula is C12H21N3. The van der Waals surface area contributed by atoms with E-state index in [1.165, 1.54) is 0 Å². The molecule has 0 aliphatic rings. The van der Waals surface area contributed by atoms with Crippen molar-refractivity contribution in [2.45, 2.75) is 20.8 Å². The second-order valence-corrected chi connectivity index (χ2v) is 4.06. The molecule has 1 rings (SSSR count). The third kappa shape index (κ3) is 3.42. The molecule has 0 aliphatic heterocycles. The van der Waals surface area contributed by atoms with Crippen LogP contribution in [-0.2, 0) is 0 Å². The fourth-order valence-corrected chi connectivity index (χ4v) is 1.56. The van der Waals surface area contributed by atoms with Gasteiger partial charge in [-0.15, -0.1) is 0 Å². The maximum absolute atomic E-state index is 4.53. The highest BCUT2D eigenvalue weighted by Gasteiger charge is 2.07. The van der Waals surface area contributed by atoms with Gasteiger partial charge < -0.3 is 10.2 Å². The lowest BCUT2D eigenvalue weighted by Crippen LogP contribution is -2.28. The van der Waals surface area contributed by atoms with Gasteiger partial charge in [-0.1, -0.05) is 19.9 Å². The first-order valence-electron chi connectivity index (χ1n) is 5.57. The maximum Gasteiger partial charge on any atom is 0.130 e. The van der Waals surface area contributed by atoms with Gasteiger partial charge in [-0.2, -0.15) is 0 Å². The maximum atomic E-state index is 4.53. The molecule has 0 aliphatic carbocycles. The van der Waals surface area contributed by atoms with Gasteiger partial charge in [-0.25, -0.2) is 4.98 Å². The van der Waals surface area contributed by atoms with E-state index in [0.717, 1.165) is 24.7 Å². The van der Waals surface area contributed by atoms with E-state index in [4.69, 9.17) is 0 Å². The zero-order valence-corrected chi connectivity index (χ0v) is 10.1. The van der Waals surface area contributed by atoms with Crippen LogP contribution in [0.4, 0.5) is 11.6 Å². The topological polar surface area (TPSA) is 28.2 Å². The Bertz CT molecular complexity index is 297. The first-order valence-corrected chi connectivity index (χ1v) is 5.57. The van der Waals surface area contributed by atoms with E-state index in [9.17, 15) is 0 Å². The molecule has 0 saturated heterocycles. The Kier molecular flexibility index (Phi) is 4.40. The van der Waals surface area contributed by atoms with Crippen molar-refractivity contribution in [2.75, 3.05) is 30.4 Å². The van der Waals surface area contributed by atoms with Gasteiger partial charge >= 0.3 is 0 Å². The minimum absolute atomic E-state index is 0.657. The summed E-state index contributed by atoms with van der Waals surface area (Å²) in [5.74, 6) is 2.64. The Balaban J connectivity index is 2.81. The zero-order valence-electron chi connectivity index (χ0n) is 10.1. The molecular weight excluding hydrogens is 186 g/mol. The predicted molar refractivity (Wildman–Crippen MR) is 66.5 cm³/mol. The zero-order chi connectivity index (χ0) is 11.3.